The summed E-state index contributed by atoms with van der Waals surface area (Å²) in [5, 5.41) is 9.35. The Morgan fingerprint density at radius 3 is 2.17 bits per heavy atom. The van der Waals surface area contributed by atoms with Gasteiger partial charge in [0.05, 0.1) is 12.7 Å². The zero-order valence-electron chi connectivity index (χ0n) is 19.8. The first-order valence-corrected chi connectivity index (χ1v) is 11.4. The van der Waals surface area contributed by atoms with Crippen molar-refractivity contribution in [2.75, 3.05) is 6.61 Å². The highest BCUT2D eigenvalue weighted by molar-refractivity contribution is 5.98. The van der Waals surface area contributed by atoms with Crippen molar-refractivity contribution in [2.45, 2.75) is 98.8 Å². The summed E-state index contributed by atoms with van der Waals surface area (Å²) in [6, 6.07) is 2.31. The standard InChI is InChI=1S/C26H41NO3/c1-6-8-9-10-13-21(3)14-11-16-24(20-27)17-12-15-22(4)18-19-25(28)23(5)26(29)30-7-2/h13,15-16,23H,6-12,14,17-19H2,1-5H3/b21-13+,22-15+,24-16-. The Hall–Kier alpha value is -2.15. The van der Waals surface area contributed by atoms with Gasteiger partial charge in [-0.2, -0.15) is 5.26 Å². The first-order valence-electron chi connectivity index (χ1n) is 11.4. The minimum absolute atomic E-state index is 0.0862. The molecule has 0 aliphatic carbocycles. The number of nitriles is 1. The maximum atomic E-state index is 12.1. The lowest BCUT2D eigenvalue weighted by Crippen LogP contribution is -2.23. The molecule has 0 heterocycles. The molecule has 168 valence electrons. The Bertz CT molecular complexity index is 650. The van der Waals surface area contributed by atoms with E-state index in [1.807, 2.05) is 6.92 Å². The summed E-state index contributed by atoms with van der Waals surface area (Å²) in [4.78, 5) is 23.7. The number of carbonyl (C=O) groups is 2. The summed E-state index contributed by atoms with van der Waals surface area (Å²) in [5.74, 6) is -1.23. The molecule has 0 amide bonds. The van der Waals surface area contributed by atoms with Gasteiger partial charge in [0.15, 0.2) is 0 Å². The smallest absolute Gasteiger partial charge is 0.316 e. The van der Waals surface area contributed by atoms with Gasteiger partial charge in [-0.25, -0.2) is 0 Å². The number of hydrogen-bond donors (Lipinski definition) is 0. The van der Waals surface area contributed by atoms with Crippen LogP contribution in [0.1, 0.15) is 98.8 Å². The summed E-state index contributed by atoms with van der Waals surface area (Å²) >= 11 is 0. The molecule has 0 aromatic heterocycles. The van der Waals surface area contributed by atoms with Gasteiger partial charge in [-0.15, -0.1) is 0 Å². The maximum absolute atomic E-state index is 12.1. The molecule has 0 saturated carbocycles. The summed E-state index contributed by atoms with van der Waals surface area (Å²) in [6.07, 6.45) is 15.8. The van der Waals surface area contributed by atoms with Crippen LogP contribution in [-0.4, -0.2) is 18.4 Å². The minimum atomic E-state index is -0.699. The Labute approximate surface area is 184 Å². The molecule has 0 spiro atoms. The van der Waals surface area contributed by atoms with Crippen LogP contribution in [0.3, 0.4) is 0 Å². The minimum Gasteiger partial charge on any atom is -0.465 e. The van der Waals surface area contributed by atoms with Gasteiger partial charge in [0.1, 0.15) is 11.7 Å². The molecule has 0 aromatic rings. The lowest BCUT2D eigenvalue weighted by Gasteiger charge is -2.09. The molecule has 0 aliphatic rings. The average molecular weight is 416 g/mol. The number of hydrogen-bond acceptors (Lipinski definition) is 4. The number of esters is 1. The van der Waals surface area contributed by atoms with Gasteiger partial charge in [0.2, 0.25) is 0 Å². The molecule has 0 rings (SSSR count). The van der Waals surface area contributed by atoms with Crippen LogP contribution in [0.25, 0.3) is 0 Å². The van der Waals surface area contributed by atoms with E-state index < -0.39 is 11.9 Å². The summed E-state index contributed by atoms with van der Waals surface area (Å²) in [6.45, 7) is 10.0. The van der Waals surface area contributed by atoms with E-state index in [0.717, 1.165) is 43.3 Å². The second-order valence-electron chi connectivity index (χ2n) is 7.96. The summed E-state index contributed by atoms with van der Waals surface area (Å²) in [5.41, 5.74) is 3.34. The molecule has 0 aromatic carbocycles. The third-order valence-electron chi connectivity index (χ3n) is 5.17. The number of ether oxygens (including phenoxy) is 1. The lowest BCUT2D eigenvalue weighted by molar-refractivity contribution is -0.150. The molecule has 0 saturated heterocycles. The highest BCUT2D eigenvalue weighted by Gasteiger charge is 2.21. The first-order chi connectivity index (χ1) is 14.3. The number of allylic oxidation sites excluding steroid dienone is 6. The van der Waals surface area contributed by atoms with Crippen molar-refractivity contribution in [3.05, 3.63) is 34.9 Å². The number of Topliss-reactive ketones (excluding diaryl/α,β-unsaturated/α-hetero) is 1. The molecule has 30 heavy (non-hydrogen) atoms. The second kappa shape index (κ2) is 17.7. The van der Waals surface area contributed by atoms with Crippen LogP contribution in [0, 0.1) is 17.2 Å². The fourth-order valence-electron chi connectivity index (χ4n) is 3.03. The molecule has 0 N–H and O–H groups in total. The van der Waals surface area contributed by atoms with Crippen molar-refractivity contribution in [3.8, 4) is 6.07 Å². The molecule has 1 unspecified atom stereocenters. The second-order valence-corrected chi connectivity index (χ2v) is 7.96. The van der Waals surface area contributed by atoms with E-state index in [0.29, 0.717) is 19.4 Å². The molecule has 4 nitrogen and oxygen atoms in total. The zero-order chi connectivity index (χ0) is 22.8. The molecule has 0 aliphatic heterocycles. The van der Waals surface area contributed by atoms with E-state index in [2.05, 4.69) is 38.1 Å². The van der Waals surface area contributed by atoms with Crippen molar-refractivity contribution in [1.29, 1.82) is 5.26 Å². The third kappa shape index (κ3) is 13.9. The van der Waals surface area contributed by atoms with Gasteiger partial charge in [-0.3, -0.25) is 9.59 Å². The van der Waals surface area contributed by atoms with Crippen LogP contribution in [0.4, 0.5) is 0 Å². The maximum Gasteiger partial charge on any atom is 0.316 e. The topological polar surface area (TPSA) is 67.2 Å². The number of unbranched alkanes of at least 4 members (excludes halogenated alkanes) is 3. The van der Waals surface area contributed by atoms with E-state index in [1.165, 1.54) is 24.8 Å². The molecule has 0 fully saturated rings. The quantitative estimate of drug-likeness (QED) is 0.0893. The number of nitrogens with zero attached hydrogens (tertiary/aromatic N) is 1. The van der Waals surface area contributed by atoms with Crippen molar-refractivity contribution in [2.24, 2.45) is 5.92 Å². The Morgan fingerprint density at radius 1 is 0.900 bits per heavy atom. The van der Waals surface area contributed by atoms with Gasteiger partial charge in [-0.1, -0.05) is 49.1 Å². The van der Waals surface area contributed by atoms with Crippen molar-refractivity contribution >= 4 is 11.8 Å². The van der Waals surface area contributed by atoms with E-state index >= 15 is 0 Å². The molecular formula is C26H41NO3. The fraction of sp³-hybridized carbons (Fsp3) is 0.654. The largest absolute Gasteiger partial charge is 0.465 e. The Morgan fingerprint density at radius 2 is 1.53 bits per heavy atom. The van der Waals surface area contributed by atoms with Crippen LogP contribution in [0.2, 0.25) is 0 Å². The third-order valence-corrected chi connectivity index (χ3v) is 5.17. The van der Waals surface area contributed by atoms with E-state index in [9.17, 15) is 14.9 Å². The van der Waals surface area contributed by atoms with E-state index in [1.54, 1.807) is 13.8 Å². The van der Waals surface area contributed by atoms with Crippen LogP contribution in [0.15, 0.2) is 34.9 Å². The molecule has 4 heteroatoms. The van der Waals surface area contributed by atoms with Crippen molar-refractivity contribution in [1.82, 2.24) is 0 Å². The summed E-state index contributed by atoms with van der Waals surface area (Å²) in [7, 11) is 0. The van der Waals surface area contributed by atoms with Crippen LogP contribution in [0.5, 0.6) is 0 Å². The number of rotatable bonds is 16. The molecule has 0 radical (unpaired) electrons. The number of carbonyl (C=O) groups excluding carboxylic acids is 2. The molecule has 0 bridgehead atoms. The average Bonchev–Trinajstić information content (AvgIpc) is 2.73. The predicted molar refractivity (Wildman–Crippen MR) is 124 cm³/mol. The van der Waals surface area contributed by atoms with Gasteiger partial charge >= 0.3 is 5.97 Å². The summed E-state index contributed by atoms with van der Waals surface area (Å²) < 4.78 is 4.90. The molecular weight excluding hydrogens is 374 g/mol. The van der Waals surface area contributed by atoms with Crippen molar-refractivity contribution < 1.29 is 14.3 Å². The van der Waals surface area contributed by atoms with E-state index in [-0.39, 0.29) is 5.78 Å². The highest BCUT2D eigenvalue weighted by atomic mass is 16.5. The first kappa shape index (κ1) is 27.8. The normalized spacial score (nSPS) is 13.7. The van der Waals surface area contributed by atoms with Crippen LogP contribution in [-0.2, 0) is 14.3 Å². The SMILES string of the molecule is CCCCC/C=C(\C)CC/C=C(\C#N)CC/C=C(\C)CCC(=O)C(C)C(=O)OCC. The fourth-order valence-corrected chi connectivity index (χ4v) is 3.03. The zero-order valence-corrected chi connectivity index (χ0v) is 19.8. The van der Waals surface area contributed by atoms with Gasteiger partial charge in [0, 0.05) is 12.0 Å². The Balaban J connectivity index is 4.30. The van der Waals surface area contributed by atoms with Crippen molar-refractivity contribution in [3.63, 3.8) is 0 Å². The lowest BCUT2D eigenvalue weighted by atomic mass is 9.99. The Kier molecular flexibility index (Phi) is 16.4. The highest BCUT2D eigenvalue weighted by Crippen LogP contribution is 2.15. The molecule has 1 atom stereocenters. The predicted octanol–water partition coefficient (Wildman–Crippen LogP) is 7.02. The van der Waals surface area contributed by atoms with Gasteiger partial charge in [0.25, 0.3) is 0 Å². The van der Waals surface area contributed by atoms with Gasteiger partial charge in [-0.05, 0) is 72.6 Å². The van der Waals surface area contributed by atoms with Crippen LogP contribution >= 0.6 is 0 Å². The van der Waals surface area contributed by atoms with E-state index in [4.69, 9.17) is 4.74 Å². The monoisotopic (exact) mass is 415 g/mol. The van der Waals surface area contributed by atoms with Crippen LogP contribution < -0.4 is 0 Å². The van der Waals surface area contributed by atoms with Gasteiger partial charge < -0.3 is 4.74 Å². The number of ketones is 1.